The summed E-state index contributed by atoms with van der Waals surface area (Å²) in [5, 5.41) is 7.81. The van der Waals surface area contributed by atoms with E-state index in [9.17, 15) is 4.21 Å². The molecule has 14 heavy (non-hydrogen) atoms. The Morgan fingerprint density at radius 1 is 1.57 bits per heavy atom. The van der Waals surface area contributed by atoms with Crippen molar-refractivity contribution in [2.24, 2.45) is 0 Å². The molecule has 0 aromatic carbocycles. The summed E-state index contributed by atoms with van der Waals surface area (Å²) >= 11 is 0. The number of amidine groups is 1. The molecule has 1 saturated heterocycles. The molecule has 0 radical (unpaired) electrons. The average Bonchev–Trinajstić information content (AvgIpc) is 2.15. The van der Waals surface area contributed by atoms with Crippen molar-refractivity contribution in [3.63, 3.8) is 0 Å². The van der Waals surface area contributed by atoms with Gasteiger partial charge >= 0.3 is 0 Å². The van der Waals surface area contributed by atoms with Crippen LogP contribution in [0.15, 0.2) is 0 Å². The van der Waals surface area contributed by atoms with Crippen LogP contribution in [-0.2, 0) is 10.8 Å². The molecule has 1 aliphatic rings. The summed E-state index contributed by atoms with van der Waals surface area (Å²) in [5.74, 6) is 1.52. The van der Waals surface area contributed by atoms with Crippen LogP contribution in [-0.4, -0.2) is 39.5 Å². The topological polar surface area (TPSA) is 44.2 Å². The van der Waals surface area contributed by atoms with Crippen molar-refractivity contribution < 1.29 is 4.21 Å². The lowest BCUT2D eigenvalue weighted by Gasteiger charge is -2.34. The van der Waals surface area contributed by atoms with E-state index in [4.69, 9.17) is 5.41 Å². The second kappa shape index (κ2) is 5.49. The van der Waals surface area contributed by atoms with Crippen LogP contribution in [0.3, 0.4) is 0 Å². The van der Waals surface area contributed by atoms with Gasteiger partial charge in [0.05, 0.1) is 5.84 Å². The number of likely N-dealkylation sites (tertiary alicyclic amines) is 1. The molecular weight excluding hydrogens is 196 g/mol. The molecule has 1 fully saturated rings. The Kier molecular flexibility index (Phi) is 4.58. The molecule has 0 aromatic rings. The highest BCUT2D eigenvalue weighted by molar-refractivity contribution is 7.84. The van der Waals surface area contributed by atoms with Gasteiger partial charge in [-0.15, -0.1) is 0 Å². The lowest BCUT2D eigenvalue weighted by molar-refractivity contribution is 0.289. The fraction of sp³-hybridized carbons (Fsp3) is 0.900. The Labute approximate surface area is 88.8 Å². The maximum Gasteiger partial charge on any atom is 0.0960 e. The molecule has 0 spiro atoms. The predicted octanol–water partition coefficient (Wildman–Crippen LogP) is 1.61. The van der Waals surface area contributed by atoms with Gasteiger partial charge in [-0.3, -0.25) is 9.62 Å². The van der Waals surface area contributed by atoms with Crippen LogP contribution in [0.4, 0.5) is 0 Å². The fourth-order valence-corrected chi connectivity index (χ4v) is 2.50. The van der Waals surface area contributed by atoms with Gasteiger partial charge in [-0.05, 0) is 26.2 Å². The Hall–Kier alpha value is -0.380. The minimum absolute atomic E-state index is 0.381. The van der Waals surface area contributed by atoms with Gasteiger partial charge in [-0.25, -0.2) is 0 Å². The smallest absolute Gasteiger partial charge is 0.0960 e. The van der Waals surface area contributed by atoms with Crippen molar-refractivity contribution in [2.75, 3.05) is 18.6 Å². The highest BCUT2D eigenvalue weighted by atomic mass is 32.2. The highest BCUT2D eigenvalue weighted by Crippen LogP contribution is 2.15. The van der Waals surface area contributed by atoms with Crippen LogP contribution in [0.5, 0.6) is 0 Å². The Balaban J connectivity index is 2.38. The number of nitrogens with zero attached hydrogens (tertiary/aromatic N) is 1. The summed E-state index contributed by atoms with van der Waals surface area (Å²) in [6.07, 6.45) is 5.95. The van der Waals surface area contributed by atoms with E-state index in [2.05, 4.69) is 11.8 Å². The normalized spacial score (nSPS) is 22.1. The maximum atomic E-state index is 11.0. The van der Waals surface area contributed by atoms with Gasteiger partial charge in [-0.1, -0.05) is 0 Å². The molecular formula is C10H20N2OS. The van der Waals surface area contributed by atoms with Gasteiger partial charge in [0, 0.05) is 41.8 Å². The first-order chi connectivity index (χ1) is 6.61. The standard InChI is InChI=1S/C10H20N2OS/c1-9(6-8-14(2)13)12-7-4-3-5-10(12)11/h9,11H,3-8H2,1-2H3. The summed E-state index contributed by atoms with van der Waals surface area (Å²) < 4.78 is 11.0. The Morgan fingerprint density at radius 2 is 2.29 bits per heavy atom. The van der Waals surface area contributed by atoms with Gasteiger partial charge in [0.1, 0.15) is 0 Å². The summed E-state index contributed by atoms with van der Waals surface area (Å²) in [7, 11) is -0.699. The summed E-state index contributed by atoms with van der Waals surface area (Å²) in [5.41, 5.74) is 0. The van der Waals surface area contributed by atoms with Crippen molar-refractivity contribution in [2.45, 2.75) is 38.6 Å². The minimum Gasteiger partial charge on any atom is -0.358 e. The molecule has 0 saturated carbocycles. The van der Waals surface area contributed by atoms with E-state index in [1.54, 1.807) is 6.26 Å². The van der Waals surface area contributed by atoms with Crippen LogP contribution in [0.1, 0.15) is 32.6 Å². The zero-order valence-electron chi connectivity index (χ0n) is 9.08. The van der Waals surface area contributed by atoms with E-state index >= 15 is 0 Å². The van der Waals surface area contributed by atoms with Crippen molar-refractivity contribution in [1.82, 2.24) is 4.90 Å². The molecule has 0 amide bonds. The number of piperidine rings is 1. The van der Waals surface area contributed by atoms with Gasteiger partial charge < -0.3 is 4.90 Å². The SMILES string of the molecule is CC(CCS(C)=O)N1CCCCC1=N. The minimum atomic E-state index is -0.699. The zero-order valence-corrected chi connectivity index (χ0v) is 9.90. The van der Waals surface area contributed by atoms with Crippen LogP contribution in [0.2, 0.25) is 0 Å². The van der Waals surface area contributed by atoms with Gasteiger partial charge in [-0.2, -0.15) is 0 Å². The quantitative estimate of drug-likeness (QED) is 0.776. The van der Waals surface area contributed by atoms with E-state index in [0.717, 1.165) is 37.4 Å². The molecule has 82 valence electrons. The van der Waals surface area contributed by atoms with Gasteiger partial charge in [0.25, 0.3) is 0 Å². The third kappa shape index (κ3) is 3.40. The third-order valence-corrected chi connectivity index (χ3v) is 3.58. The molecule has 1 N–H and O–H groups in total. The maximum absolute atomic E-state index is 11.0. The summed E-state index contributed by atoms with van der Waals surface area (Å²) in [4.78, 5) is 2.16. The molecule has 1 aliphatic heterocycles. The van der Waals surface area contributed by atoms with Crippen LogP contribution >= 0.6 is 0 Å². The number of hydrogen-bond donors (Lipinski definition) is 1. The molecule has 0 aliphatic carbocycles. The van der Waals surface area contributed by atoms with E-state index in [1.165, 1.54) is 6.42 Å². The molecule has 2 atom stereocenters. The lowest BCUT2D eigenvalue weighted by Crippen LogP contribution is -2.41. The van der Waals surface area contributed by atoms with Crippen LogP contribution in [0, 0.1) is 5.41 Å². The molecule has 0 aromatic heterocycles. The second-order valence-electron chi connectivity index (χ2n) is 4.01. The van der Waals surface area contributed by atoms with E-state index in [1.807, 2.05) is 0 Å². The van der Waals surface area contributed by atoms with Gasteiger partial charge in [0.15, 0.2) is 0 Å². The molecule has 0 bridgehead atoms. The van der Waals surface area contributed by atoms with E-state index in [-0.39, 0.29) is 0 Å². The van der Waals surface area contributed by atoms with Crippen molar-refractivity contribution in [3.05, 3.63) is 0 Å². The monoisotopic (exact) mass is 216 g/mol. The van der Waals surface area contributed by atoms with Crippen molar-refractivity contribution in [3.8, 4) is 0 Å². The van der Waals surface area contributed by atoms with E-state index in [0.29, 0.717) is 6.04 Å². The number of nitrogens with one attached hydrogen (secondary N) is 1. The van der Waals surface area contributed by atoms with E-state index < -0.39 is 10.8 Å². The molecule has 4 heteroatoms. The third-order valence-electron chi connectivity index (χ3n) is 2.76. The molecule has 2 unspecified atom stereocenters. The summed E-state index contributed by atoms with van der Waals surface area (Å²) in [6.45, 7) is 3.14. The van der Waals surface area contributed by atoms with Crippen molar-refractivity contribution >= 4 is 16.6 Å². The van der Waals surface area contributed by atoms with Gasteiger partial charge in [0.2, 0.25) is 0 Å². The fourth-order valence-electron chi connectivity index (χ4n) is 1.83. The second-order valence-corrected chi connectivity index (χ2v) is 5.57. The molecule has 1 rings (SSSR count). The number of rotatable bonds is 4. The van der Waals surface area contributed by atoms with Crippen molar-refractivity contribution in [1.29, 1.82) is 5.41 Å². The Morgan fingerprint density at radius 3 is 2.86 bits per heavy atom. The number of hydrogen-bond acceptors (Lipinski definition) is 2. The lowest BCUT2D eigenvalue weighted by atomic mass is 10.1. The Bertz CT molecular complexity index is 230. The zero-order chi connectivity index (χ0) is 10.6. The summed E-state index contributed by atoms with van der Waals surface area (Å²) in [6, 6.07) is 0.381. The van der Waals surface area contributed by atoms with Crippen LogP contribution < -0.4 is 0 Å². The first-order valence-corrected chi connectivity index (χ1v) is 6.98. The largest absolute Gasteiger partial charge is 0.358 e. The predicted molar refractivity (Wildman–Crippen MR) is 61.3 cm³/mol. The average molecular weight is 216 g/mol. The molecule has 3 nitrogen and oxygen atoms in total. The highest BCUT2D eigenvalue weighted by Gasteiger charge is 2.19. The van der Waals surface area contributed by atoms with Crippen LogP contribution in [0.25, 0.3) is 0 Å². The molecule has 1 heterocycles. The first-order valence-electron chi connectivity index (χ1n) is 5.25. The first kappa shape index (κ1) is 11.7.